The predicted octanol–water partition coefficient (Wildman–Crippen LogP) is 3.63. The molecule has 2 rings (SSSR count). The highest BCUT2D eigenvalue weighted by molar-refractivity contribution is 7.90. The van der Waals surface area contributed by atoms with Crippen molar-refractivity contribution in [1.29, 1.82) is 0 Å². The first-order valence-corrected chi connectivity index (χ1v) is 12.5. The van der Waals surface area contributed by atoms with E-state index in [9.17, 15) is 13.2 Å². The molecule has 0 saturated heterocycles. The number of amides is 1. The van der Waals surface area contributed by atoms with Crippen LogP contribution in [0.25, 0.3) is 0 Å². The fraction of sp³-hybridized carbons (Fsp3) is 0.636. The van der Waals surface area contributed by atoms with E-state index >= 15 is 0 Å². The third kappa shape index (κ3) is 7.72. The van der Waals surface area contributed by atoms with Crippen molar-refractivity contribution in [3.63, 3.8) is 0 Å². The first-order valence-electron chi connectivity index (χ1n) is 11.1. The lowest BCUT2D eigenvalue weighted by Crippen LogP contribution is -2.36. The minimum absolute atomic E-state index is 0.122. The number of carbonyl (C=O) groups excluding carboxylic acids is 1. The summed E-state index contributed by atoms with van der Waals surface area (Å²) in [5, 5.41) is 2.84. The van der Waals surface area contributed by atoms with Crippen LogP contribution in [0.5, 0.6) is 0 Å². The Bertz CT molecular complexity index is 819. The summed E-state index contributed by atoms with van der Waals surface area (Å²) in [6, 6.07) is 6.37. The van der Waals surface area contributed by atoms with Gasteiger partial charge in [-0.2, -0.15) is 0 Å². The van der Waals surface area contributed by atoms with Crippen LogP contribution in [-0.2, 0) is 14.8 Å². The second kappa shape index (κ2) is 12.1. The van der Waals surface area contributed by atoms with E-state index in [1.807, 2.05) is 6.92 Å². The summed E-state index contributed by atoms with van der Waals surface area (Å²) in [4.78, 5) is 19.1. The molecule has 8 heteroatoms. The van der Waals surface area contributed by atoms with Gasteiger partial charge in [-0.1, -0.05) is 46.1 Å². The van der Waals surface area contributed by atoms with Crippen molar-refractivity contribution >= 4 is 27.5 Å². The molecule has 2 N–H and O–H groups in total. The van der Waals surface area contributed by atoms with Crippen LogP contribution < -0.4 is 10.0 Å². The fourth-order valence-corrected chi connectivity index (χ4v) is 4.67. The van der Waals surface area contributed by atoms with Gasteiger partial charge in [0.1, 0.15) is 5.84 Å². The molecule has 1 aliphatic rings. The molecule has 1 aliphatic heterocycles. The quantitative estimate of drug-likeness (QED) is 0.586. The highest BCUT2D eigenvalue weighted by Crippen LogP contribution is 2.17. The maximum Gasteiger partial charge on any atom is 0.262 e. The van der Waals surface area contributed by atoms with E-state index in [1.165, 1.54) is 12.1 Å². The van der Waals surface area contributed by atoms with E-state index in [0.717, 1.165) is 45.2 Å². The monoisotopic (exact) mass is 436 g/mol. The topological polar surface area (TPSA) is 90.9 Å². The van der Waals surface area contributed by atoms with Crippen LogP contribution in [0, 0.1) is 5.92 Å². The smallest absolute Gasteiger partial charge is 0.262 e. The lowest BCUT2D eigenvalue weighted by atomic mass is 10.0. The van der Waals surface area contributed by atoms with Gasteiger partial charge < -0.3 is 5.32 Å². The second-order valence-corrected chi connectivity index (χ2v) is 9.51. The number of hydrogen-bond acceptors (Lipinski definition) is 5. The zero-order chi connectivity index (χ0) is 22.0. The number of benzene rings is 1. The van der Waals surface area contributed by atoms with Gasteiger partial charge in [-0.3, -0.25) is 19.4 Å². The zero-order valence-electron chi connectivity index (χ0n) is 18.5. The van der Waals surface area contributed by atoms with Crippen LogP contribution in [0.1, 0.15) is 59.3 Å². The van der Waals surface area contributed by atoms with Crippen molar-refractivity contribution < 1.29 is 13.2 Å². The summed E-state index contributed by atoms with van der Waals surface area (Å²) < 4.78 is 28.1. The molecule has 0 aromatic heterocycles. The third-order valence-corrected chi connectivity index (χ3v) is 6.92. The number of aliphatic imine (C=N–C) groups is 1. The van der Waals surface area contributed by atoms with Crippen LogP contribution in [0.15, 0.2) is 34.2 Å². The van der Waals surface area contributed by atoms with Crippen molar-refractivity contribution in [3.8, 4) is 0 Å². The standard InChI is InChI=1S/C22H36N4O3S/c1-4-18(5-2)16-26(6-3)17-22(27)24-19-11-10-12-20(15-19)30(28,29)25-21-13-8-7-9-14-23-21/h10-12,15,18H,4-9,13-14,16-17H2,1-3H3,(H,23,25)(H,24,27). The van der Waals surface area contributed by atoms with Crippen LogP contribution >= 0.6 is 0 Å². The van der Waals surface area contributed by atoms with E-state index in [2.05, 4.69) is 33.8 Å². The second-order valence-electron chi connectivity index (χ2n) is 7.83. The van der Waals surface area contributed by atoms with Crippen molar-refractivity contribution in [2.24, 2.45) is 10.9 Å². The van der Waals surface area contributed by atoms with Crippen molar-refractivity contribution in [2.45, 2.75) is 64.2 Å². The van der Waals surface area contributed by atoms with E-state index < -0.39 is 10.0 Å². The maximum atomic E-state index is 12.7. The molecule has 1 aromatic carbocycles. The number of likely N-dealkylation sites (N-methyl/N-ethyl adjacent to an activating group) is 1. The molecule has 1 amide bonds. The van der Waals surface area contributed by atoms with Crippen LogP contribution in [0.2, 0.25) is 0 Å². The SMILES string of the molecule is CCC(CC)CN(CC)CC(=O)Nc1cccc(S(=O)(=O)NC2=NCCCCC2)c1. The number of carbonyl (C=O) groups is 1. The molecule has 0 spiro atoms. The van der Waals surface area contributed by atoms with Gasteiger partial charge in [0.25, 0.3) is 10.0 Å². The average Bonchev–Trinajstić information content (AvgIpc) is 2.99. The molecular weight excluding hydrogens is 400 g/mol. The number of nitrogens with zero attached hydrogens (tertiary/aromatic N) is 2. The Morgan fingerprint density at radius 1 is 1.17 bits per heavy atom. The molecule has 0 atom stereocenters. The van der Waals surface area contributed by atoms with E-state index in [1.54, 1.807) is 12.1 Å². The summed E-state index contributed by atoms with van der Waals surface area (Å²) in [7, 11) is -3.73. The summed E-state index contributed by atoms with van der Waals surface area (Å²) in [5.41, 5.74) is 0.476. The molecule has 0 saturated carbocycles. The first-order chi connectivity index (χ1) is 14.4. The van der Waals surface area contributed by atoms with Gasteiger partial charge in [0.15, 0.2) is 0 Å². The van der Waals surface area contributed by atoms with E-state index in [0.29, 0.717) is 37.0 Å². The highest BCUT2D eigenvalue weighted by atomic mass is 32.2. The Kier molecular flexibility index (Phi) is 9.78. The number of sulfonamides is 1. The van der Waals surface area contributed by atoms with Crippen LogP contribution in [-0.4, -0.2) is 51.2 Å². The van der Waals surface area contributed by atoms with Gasteiger partial charge in [0, 0.05) is 25.2 Å². The largest absolute Gasteiger partial charge is 0.325 e. The number of anilines is 1. The minimum Gasteiger partial charge on any atom is -0.325 e. The molecule has 0 fully saturated rings. The average molecular weight is 437 g/mol. The summed E-state index contributed by atoms with van der Waals surface area (Å²) in [6.45, 7) is 9.01. The molecule has 7 nitrogen and oxygen atoms in total. The summed E-state index contributed by atoms with van der Waals surface area (Å²) in [5.74, 6) is 0.949. The van der Waals surface area contributed by atoms with Crippen LogP contribution in [0.4, 0.5) is 5.69 Å². The third-order valence-electron chi connectivity index (χ3n) is 5.54. The van der Waals surface area contributed by atoms with Crippen LogP contribution in [0.3, 0.4) is 0 Å². The van der Waals surface area contributed by atoms with Gasteiger partial charge in [0.2, 0.25) is 5.91 Å². The van der Waals surface area contributed by atoms with Gasteiger partial charge in [0.05, 0.1) is 11.4 Å². The van der Waals surface area contributed by atoms with Gasteiger partial charge in [-0.05, 0) is 43.5 Å². The zero-order valence-corrected chi connectivity index (χ0v) is 19.3. The van der Waals surface area contributed by atoms with Gasteiger partial charge in [-0.25, -0.2) is 8.42 Å². The van der Waals surface area contributed by atoms with Gasteiger partial charge in [-0.15, -0.1) is 0 Å². The van der Waals surface area contributed by atoms with E-state index in [4.69, 9.17) is 0 Å². The normalized spacial score (nSPS) is 15.0. The van der Waals surface area contributed by atoms with Gasteiger partial charge >= 0.3 is 0 Å². The lowest BCUT2D eigenvalue weighted by Gasteiger charge is -2.24. The predicted molar refractivity (Wildman–Crippen MR) is 122 cm³/mol. The van der Waals surface area contributed by atoms with Crippen molar-refractivity contribution in [3.05, 3.63) is 24.3 Å². The van der Waals surface area contributed by atoms with E-state index in [-0.39, 0.29) is 10.8 Å². The number of amidine groups is 1. The number of rotatable bonds is 10. The molecule has 0 radical (unpaired) electrons. The molecular formula is C22H36N4O3S. The first kappa shape index (κ1) is 24.3. The Balaban J connectivity index is 2.01. The molecule has 0 aliphatic carbocycles. The minimum atomic E-state index is -3.73. The van der Waals surface area contributed by atoms with Crippen molar-refractivity contribution in [1.82, 2.24) is 9.62 Å². The molecule has 1 heterocycles. The maximum absolute atomic E-state index is 12.7. The Hall–Kier alpha value is -1.93. The molecule has 30 heavy (non-hydrogen) atoms. The Morgan fingerprint density at radius 3 is 2.63 bits per heavy atom. The highest BCUT2D eigenvalue weighted by Gasteiger charge is 2.19. The molecule has 168 valence electrons. The molecule has 1 aromatic rings. The molecule has 0 bridgehead atoms. The fourth-order valence-electron chi connectivity index (χ4n) is 3.53. The lowest BCUT2D eigenvalue weighted by molar-refractivity contribution is -0.117. The summed E-state index contributed by atoms with van der Waals surface area (Å²) in [6.07, 6.45) is 5.79. The molecule has 0 unspecified atom stereocenters. The Labute approximate surface area is 181 Å². The van der Waals surface area contributed by atoms with Crippen molar-refractivity contribution in [2.75, 3.05) is 31.5 Å². The number of hydrogen-bond donors (Lipinski definition) is 2. The number of nitrogens with one attached hydrogen (secondary N) is 2. The summed E-state index contributed by atoms with van der Waals surface area (Å²) >= 11 is 0. The Morgan fingerprint density at radius 2 is 1.93 bits per heavy atom.